The summed E-state index contributed by atoms with van der Waals surface area (Å²) in [5.74, 6) is 0.500. The van der Waals surface area contributed by atoms with Gasteiger partial charge in [0.15, 0.2) is 5.65 Å². The third-order valence-electron chi connectivity index (χ3n) is 5.85. The van der Waals surface area contributed by atoms with E-state index in [1.807, 2.05) is 10.7 Å². The van der Waals surface area contributed by atoms with Gasteiger partial charge in [-0.1, -0.05) is 0 Å². The van der Waals surface area contributed by atoms with Crippen LogP contribution in [0, 0.1) is 0 Å². The van der Waals surface area contributed by atoms with Crippen LogP contribution in [0.5, 0.6) is 0 Å². The molecule has 2 fully saturated rings. The van der Waals surface area contributed by atoms with Gasteiger partial charge in [0, 0.05) is 50.4 Å². The lowest BCUT2D eigenvalue weighted by Crippen LogP contribution is -2.45. The fourth-order valence-electron chi connectivity index (χ4n) is 3.86. The van der Waals surface area contributed by atoms with E-state index in [0.717, 1.165) is 61.4 Å². The van der Waals surface area contributed by atoms with Gasteiger partial charge in [0.05, 0.1) is 17.1 Å². The van der Waals surface area contributed by atoms with Crippen molar-refractivity contribution in [1.29, 1.82) is 0 Å². The summed E-state index contributed by atoms with van der Waals surface area (Å²) in [6, 6.07) is 2.21. The second kappa shape index (κ2) is 8.17. The monoisotopic (exact) mass is 384 g/mol. The smallest absolute Gasteiger partial charge is 0.252 e. The number of aromatic nitrogens is 3. The summed E-state index contributed by atoms with van der Waals surface area (Å²) in [5.41, 5.74) is 2.60. The van der Waals surface area contributed by atoms with E-state index >= 15 is 0 Å². The molecule has 1 aliphatic carbocycles. The van der Waals surface area contributed by atoms with Gasteiger partial charge in [0.25, 0.3) is 5.91 Å². The van der Waals surface area contributed by atoms with Crippen LogP contribution in [-0.4, -0.2) is 76.8 Å². The number of hydrogen-bond acceptors (Lipinski definition) is 5. The van der Waals surface area contributed by atoms with Crippen LogP contribution in [0.2, 0.25) is 0 Å². The Balaban J connectivity index is 1.42. The highest BCUT2D eigenvalue weighted by Gasteiger charge is 2.28. The minimum absolute atomic E-state index is 0.00372. The molecule has 0 unspecified atom stereocenters. The number of rotatable bonds is 7. The van der Waals surface area contributed by atoms with E-state index in [9.17, 15) is 4.79 Å². The molecule has 2 aromatic rings. The van der Waals surface area contributed by atoms with E-state index in [-0.39, 0.29) is 11.9 Å². The topological polar surface area (TPSA) is 66.3 Å². The van der Waals surface area contributed by atoms with Crippen molar-refractivity contribution in [3.63, 3.8) is 0 Å². The standard InChI is InChI=1S/C21H32N6O/c1-15(2)27-20-18(14-23-27)17(13-19(24-20)16-5-6-16)21(28)22-7-4-8-26-11-9-25(3)10-12-26/h13-16H,4-12H2,1-3H3,(H,22,28). The van der Waals surface area contributed by atoms with E-state index in [2.05, 4.69) is 41.1 Å². The van der Waals surface area contributed by atoms with Gasteiger partial charge in [-0.05, 0) is 52.8 Å². The molecule has 1 saturated carbocycles. The van der Waals surface area contributed by atoms with Gasteiger partial charge in [-0.15, -0.1) is 0 Å². The molecule has 1 aliphatic heterocycles. The number of piperazine rings is 1. The second-order valence-electron chi connectivity index (χ2n) is 8.54. The maximum Gasteiger partial charge on any atom is 0.252 e. The van der Waals surface area contributed by atoms with Crippen LogP contribution in [0.4, 0.5) is 0 Å². The average molecular weight is 385 g/mol. The van der Waals surface area contributed by atoms with Crippen molar-refractivity contribution in [1.82, 2.24) is 29.9 Å². The van der Waals surface area contributed by atoms with E-state index in [4.69, 9.17) is 4.98 Å². The lowest BCUT2D eigenvalue weighted by Gasteiger charge is -2.32. The van der Waals surface area contributed by atoms with Crippen molar-refractivity contribution in [2.75, 3.05) is 46.3 Å². The predicted octanol–water partition coefficient (Wildman–Crippen LogP) is 2.26. The lowest BCUT2D eigenvalue weighted by molar-refractivity contribution is 0.0951. The normalized spacial score (nSPS) is 18.9. The van der Waals surface area contributed by atoms with Crippen LogP contribution in [0.25, 0.3) is 11.0 Å². The Kier molecular flexibility index (Phi) is 5.64. The van der Waals surface area contributed by atoms with Crippen LogP contribution in [-0.2, 0) is 0 Å². The Labute approximate surface area is 167 Å². The first-order valence-electron chi connectivity index (χ1n) is 10.6. The summed E-state index contributed by atoms with van der Waals surface area (Å²) >= 11 is 0. The number of fused-ring (bicyclic) bond motifs is 1. The van der Waals surface area contributed by atoms with E-state index in [1.54, 1.807) is 6.20 Å². The third kappa shape index (κ3) is 4.20. The van der Waals surface area contributed by atoms with Crippen LogP contribution in [0.3, 0.4) is 0 Å². The molecule has 2 aliphatic rings. The Morgan fingerprint density at radius 1 is 1.25 bits per heavy atom. The first kappa shape index (κ1) is 19.3. The van der Waals surface area contributed by atoms with Crippen molar-refractivity contribution < 1.29 is 4.79 Å². The molecule has 7 heteroatoms. The maximum absolute atomic E-state index is 12.9. The molecule has 7 nitrogen and oxygen atoms in total. The van der Waals surface area contributed by atoms with Gasteiger partial charge < -0.3 is 15.1 Å². The van der Waals surface area contributed by atoms with E-state index < -0.39 is 0 Å². The summed E-state index contributed by atoms with van der Waals surface area (Å²) in [5, 5.41) is 8.47. The quantitative estimate of drug-likeness (QED) is 0.742. The molecule has 2 aromatic heterocycles. The molecule has 0 bridgehead atoms. The molecule has 1 N–H and O–H groups in total. The Hall–Kier alpha value is -1.99. The number of nitrogens with zero attached hydrogens (tertiary/aromatic N) is 5. The van der Waals surface area contributed by atoms with Gasteiger partial charge >= 0.3 is 0 Å². The molecular weight excluding hydrogens is 352 g/mol. The summed E-state index contributed by atoms with van der Waals surface area (Å²) in [6.45, 7) is 10.4. The fourth-order valence-corrected chi connectivity index (χ4v) is 3.86. The molecule has 3 heterocycles. The highest BCUT2D eigenvalue weighted by atomic mass is 16.1. The minimum Gasteiger partial charge on any atom is -0.352 e. The SMILES string of the molecule is CC(C)n1ncc2c(C(=O)NCCCN3CCN(C)CC3)cc(C3CC3)nc21. The van der Waals surface area contributed by atoms with E-state index in [1.165, 1.54) is 12.8 Å². The summed E-state index contributed by atoms with van der Waals surface area (Å²) in [6.07, 6.45) is 5.10. The number of carbonyl (C=O) groups excluding carboxylic acids is 1. The zero-order valence-electron chi connectivity index (χ0n) is 17.3. The molecule has 0 radical (unpaired) electrons. The minimum atomic E-state index is -0.00372. The molecule has 1 amide bonds. The Bertz CT molecular complexity index is 833. The van der Waals surface area contributed by atoms with Crippen LogP contribution in [0.1, 0.15) is 61.1 Å². The number of likely N-dealkylation sites (N-methyl/N-ethyl adjacent to an activating group) is 1. The summed E-state index contributed by atoms with van der Waals surface area (Å²) in [7, 11) is 2.17. The van der Waals surface area contributed by atoms with Gasteiger partial charge in [0.1, 0.15) is 0 Å². The molecule has 152 valence electrons. The third-order valence-corrected chi connectivity index (χ3v) is 5.85. The van der Waals surface area contributed by atoms with Gasteiger partial charge in [-0.3, -0.25) is 4.79 Å². The molecule has 0 spiro atoms. The molecule has 0 aromatic carbocycles. The highest BCUT2D eigenvalue weighted by molar-refractivity contribution is 6.05. The van der Waals surface area contributed by atoms with Crippen molar-refractivity contribution in [3.8, 4) is 0 Å². The van der Waals surface area contributed by atoms with Crippen molar-refractivity contribution in [3.05, 3.63) is 23.5 Å². The molecule has 4 rings (SSSR count). The molecule has 1 saturated heterocycles. The van der Waals surface area contributed by atoms with Crippen LogP contribution in [0.15, 0.2) is 12.3 Å². The fraction of sp³-hybridized carbons (Fsp3) is 0.667. The average Bonchev–Trinajstić information content (AvgIpc) is 3.44. The van der Waals surface area contributed by atoms with Gasteiger partial charge in [-0.25, -0.2) is 9.67 Å². The van der Waals surface area contributed by atoms with E-state index in [0.29, 0.717) is 12.5 Å². The highest BCUT2D eigenvalue weighted by Crippen LogP contribution is 2.40. The second-order valence-corrected chi connectivity index (χ2v) is 8.54. The first-order valence-corrected chi connectivity index (χ1v) is 10.6. The number of hydrogen-bond donors (Lipinski definition) is 1. The number of pyridine rings is 1. The number of carbonyl (C=O) groups is 1. The zero-order valence-corrected chi connectivity index (χ0v) is 17.3. The Morgan fingerprint density at radius 3 is 2.68 bits per heavy atom. The largest absolute Gasteiger partial charge is 0.352 e. The zero-order chi connectivity index (χ0) is 19.7. The molecule has 0 atom stereocenters. The number of amides is 1. The number of nitrogens with one attached hydrogen (secondary N) is 1. The van der Waals surface area contributed by atoms with Crippen LogP contribution >= 0.6 is 0 Å². The molecule has 28 heavy (non-hydrogen) atoms. The maximum atomic E-state index is 12.9. The summed E-state index contributed by atoms with van der Waals surface area (Å²) in [4.78, 5) is 22.6. The van der Waals surface area contributed by atoms with Crippen molar-refractivity contribution in [2.45, 2.75) is 45.1 Å². The predicted molar refractivity (Wildman–Crippen MR) is 111 cm³/mol. The van der Waals surface area contributed by atoms with Crippen molar-refractivity contribution >= 4 is 16.9 Å². The lowest BCUT2D eigenvalue weighted by atomic mass is 10.1. The van der Waals surface area contributed by atoms with Crippen LogP contribution < -0.4 is 5.32 Å². The van der Waals surface area contributed by atoms with Gasteiger partial charge in [-0.2, -0.15) is 5.10 Å². The Morgan fingerprint density at radius 2 is 2.00 bits per heavy atom. The first-order chi connectivity index (χ1) is 13.5. The van der Waals surface area contributed by atoms with Crippen molar-refractivity contribution in [2.24, 2.45) is 0 Å². The molecular formula is C21H32N6O. The summed E-state index contributed by atoms with van der Waals surface area (Å²) < 4.78 is 1.92. The van der Waals surface area contributed by atoms with Gasteiger partial charge in [0.2, 0.25) is 0 Å².